The van der Waals surface area contributed by atoms with Crippen LogP contribution < -0.4 is 5.32 Å². The average Bonchev–Trinajstić information content (AvgIpc) is 3.00. The molecule has 0 aliphatic heterocycles. The molecule has 0 spiro atoms. The first-order valence-corrected chi connectivity index (χ1v) is 8.08. The summed E-state index contributed by atoms with van der Waals surface area (Å²) in [4.78, 5) is 0. The fraction of sp³-hybridized carbons (Fsp3) is 0.500. The number of aromatic nitrogens is 2. The quantitative estimate of drug-likeness (QED) is 0.806. The molecule has 0 bridgehead atoms. The summed E-state index contributed by atoms with van der Waals surface area (Å²) in [5, 5.41) is 8.26. The van der Waals surface area contributed by atoms with E-state index in [1.165, 1.54) is 16.8 Å². The van der Waals surface area contributed by atoms with Gasteiger partial charge in [0.05, 0.1) is 12.2 Å². The van der Waals surface area contributed by atoms with E-state index in [-0.39, 0.29) is 0 Å². The molecule has 114 valence electrons. The highest BCUT2D eigenvalue weighted by Crippen LogP contribution is 2.23. The Morgan fingerprint density at radius 2 is 1.76 bits per heavy atom. The predicted octanol–water partition coefficient (Wildman–Crippen LogP) is 4.59. The van der Waals surface area contributed by atoms with Gasteiger partial charge in [-0.2, -0.15) is 5.10 Å². The summed E-state index contributed by atoms with van der Waals surface area (Å²) < 4.78 is 2.06. The van der Waals surface area contributed by atoms with E-state index in [2.05, 4.69) is 73.3 Å². The number of rotatable bonds is 7. The number of nitrogens with zero attached hydrogens (tertiary/aromatic N) is 2. The molecule has 0 radical (unpaired) electrons. The standard InChI is InChI=1S/C18H27N3/c1-5-14(4)21-12-11-17(20-21)13-19-18-15(6-2)9-8-10-16(18)7-3/h8-12,14,19H,5-7,13H2,1-4H3. The minimum atomic E-state index is 0.466. The highest BCUT2D eigenvalue weighted by molar-refractivity contribution is 5.57. The molecular weight excluding hydrogens is 258 g/mol. The summed E-state index contributed by atoms with van der Waals surface area (Å²) in [6.07, 6.45) is 5.29. The van der Waals surface area contributed by atoms with Crippen LogP contribution in [0.25, 0.3) is 0 Å². The van der Waals surface area contributed by atoms with Crippen LogP contribution in [0.5, 0.6) is 0 Å². The maximum absolute atomic E-state index is 4.66. The summed E-state index contributed by atoms with van der Waals surface area (Å²) in [6.45, 7) is 9.59. The van der Waals surface area contributed by atoms with Crippen LogP contribution in [0.2, 0.25) is 0 Å². The monoisotopic (exact) mass is 285 g/mol. The van der Waals surface area contributed by atoms with Crippen LogP contribution in [0.4, 0.5) is 5.69 Å². The van der Waals surface area contributed by atoms with E-state index in [0.717, 1.165) is 31.5 Å². The first-order chi connectivity index (χ1) is 10.2. The number of hydrogen-bond donors (Lipinski definition) is 1. The van der Waals surface area contributed by atoms with Gasteiger partial charge in [0.1, 0.15) is 0 Å². The third-order valence-electron chi connectivity index (χ3n) is 4.15. The van der Waals surface area contributed by atoms with Crippen molar-refractivity contribution in [3.63, 3.8) is 0 Å². The Labute approximate surface area is 128 Å². The molecule has 3 nitrogen and oxygen atoms in total. The lowest BCUT2D eigenvalue weighted by atomic mass is 10.0. The van der Waals surface area contributed by atoms with Gasteiger partial charge in [0.2, 0.25) is 0 Å². The molecule has 1 N–H and O–H groups in total. The third kappa shape index (κ3) is 3.66. The Kier molecular flexibility index (Phi) is 5.43. The Balaban J connectivity index is 2.11. The van der Waals surface area contributed by atoms with Crippen LogP contribution >= 0.6 is 0 Å². The largest absolute Gasteiger partial charge is 0.379 e. The average molecular weight is 285 g/mol. The van der Waals surface area contributed by atoms with Crippen LogP contribution in [-0.4, -0.2) is 9.78 Å². The number of para-hydroxylation sites is 1. The minimum absolute atomic E-state index is 0.466. The Morgan fingerprint density at radius 1 is 1.10 bits per heavy atom. The van der Waals surface area contributed by atoms with Crippen molar-refractivity contribution >= 4 is 5.69 Å². The van der Waals surface area contributed by atoms with E-state index in [4.69, 9.17) is 0 Å². The van der Waals surface area contributed by atoms with E-state index < -0.39 is 0 Å². The molecule has 0 saturated heterocycles. The van der Waals surface area contributed by atoms with Gasteiger partial charge in [-0.3, -0.25) is 4.68 Å². The van der Waals surface area contributed by atoms with Crippen LogP contribution in [0.3, 0.4) is 0 Å². The van der Waals surface area contributed by atoms with Crippen molar-refractivity contribution < 1.29 is 0 Å². The molecule has 0 aliphatic carbocycles. The van der Waals surface area contributed by atoms with Gasteiger partial charge in [-0.25, -0.2) is 0 Å². The van der Waals surface area contributed by atoms with E-state index in [1.54, 1.807) is 0 Å². The van der Waals surface area contributed by atoms with E-state index in [9.17, 15) is 0 Å². The van der Waals surface area contributed by atoms with Crippen molar-refractivity contribution in [3.8, 4) is 0 Å². The Hall–Kier alpha value is -1.77. The molecule has 1 aromatic carbocycles. The molecule has 0 saturated carbocycles. The van der Waals surface area contributed by atoms with Crippen molar-refractivity contribution in [2.24, 2.45) is 0 Å². The van der Waals surface area contributed by atoms with Gasteiger partial charge in [-0.1, -0.05) is 39.0 Å². The second-order valence-corrected chi connectivity index (χ2v) is 5.56. The van der Waals surface area contributed by atoms with Gasteiger partial charge in [-0.05, 0) is 43.4 Å². The van der Waals surface area contributed by atoms with Crippen LogP contribution in [0.15, 0.2) is 30.5 Å². The van der Waals surface area contributed by atoms with Gasteiger partial charge in [0.15, 0.2) is 0 Å². The van der Waals surface area contributed by atoms with Crippen molar-refractivity contribution in [1.82, 2.24) is 9.78 Å². The zero-order chi connectivity index (χ0) is 15.2. The lowest BCUT2D eigenvalue weighted by molar-refractivity contribution is 0.474. The van der Waals surface area contributed by atoms with E-state index in [0.29, 0.717) is 6.04 Å². The number of benzene rings is 1. The number of nitrogens with one attached hydrogen (secondary N) is 1. The summed E-state index contributed by atoms with van der Waals surface area (Å²) in [7, 11) is 0. The molecule has 1 heterocycles. The van der Waals surface area contributed by atoms with Gasteiger partial charge >= 0.3 is 0 Å². The van der Waals surface area contributed by atoms with E-state index in [1.807, 2.05) is 0 Å². The van der Waals surface area contributed by atoms with Crippen molar-refractivity contribution in [1.29, 1.82) is 0 Å². The highest BCUT2D eigenvalue weighted by atomic mass is 15.3. The first kappa shape index (κ1) is 15.6. The molecular formula is C18H27N3. The van der Waals surface area contributed by atoms with Gasteiger partial charge < -0.3 is 5.32 Å². The molecule has 0 amide bonds. The number of anilines is 1. The van der Waals surface area contributed by atoms with Crippen LogP contribution in [0, 0.1) is 0 Å². The molecule has 0 fully saturated rings. The molecule has 1 unspecified atom stereocenters. The van der Waals surface area contributed by atoms with Crippen molar-refractivity contribution in [2.45, 2.75) is 59.5 Å². The molecule has 2 aromatic rings. The maximum Gasteiger partial charge on any atom is 0.0815 e. The van der Waals surface area contributed by atoms with Crippen molar-refractivity contribution in [2.75, 3.05) is 5.32 Å². The molecule has 1 aromatic heterocycles. The lowest BCUT2D eigenvalue weighted by Crippen LogP contribution is -2.08. The first-order valence-electron chi connectivity index (χ1n) is 8.08. The SMILES string of the molecule is CCc1cccc(CC)c1NCc1ccn(C(C)CC)n1. The number of hydrogen-bond acceptors (Lipinski definition) is 2. The number of aryl methyl sites for hydroxylation is 2. The zero-order valence-corrected chi connectivity index (χ0v) is 13.7. The Bertz CT molecular complexity index is 549. The van der Waals surface area contributed by atoms with Gasteiger partial charge in [-0.15, -0.1) is 0 Å². The van der Waals surface area contributed by atoms with Crippen LogP contribution in [0.1, 0.15) is 57.0 Å². The predicted molar refractivity (Wildman–Crippen MR) is 89.8 cm³/mol. The summed E-state index contributed by atoms with van der Waals surface area (Å²) in [5.41, 5.74) is 5.16. The molecule has 3 heteroatoms. The minimum Gasteiger partial charge on any atom is -0.379 e. The zero-order valence-electron chi connectivity index (χ0n) is 13.7. The summed E-state index contributed by atoms with van der Waals surface area (Å²) in [5.74, 6) is 0. The van der Waals surface area contributed by atoms with Gasteiger partial charge in [0.25, 0.3) is 0 Å². The highest BCUT2D eigenvalue weighted by Gasteiger charge is 2.08. The third-order valence-corrected chi connectivity index (χ3v) is 4.15. The molecule has 21 heavy (non-hydrogen) atoms. The molecule has 1 atom stereocenters. The van der Waals surface area contributed by atoms with Crippen LogP contribution in [-0.2, 0) is 19.4 Å². The smallest absolute Gasteiger partial charge is 0.0815 e. The molecule has 2 rings (SSSR count). The molecule has 0 aliphatic rings. The topological polar surface area (TPSA) is 29.9 Å². The fourth-order valence-electron chi connectivity index (χ4n) is 2.55. The lowest BCUT2D eigenvalue weighted by Gasteiger charge is -2.14. The summed E-state index contributed by atoms with van der Waals surface area (Å²) in [6, 6.07) is 9.14. The normalized spacial score (nSPS) is 12.4. The Morgan fingerprint density at radius 3 is 2.33 bits per heavy atom. The summed E-state index contributed by atoms with van der Waals surface area (Å²) >= 11 is 0. The van der Waals surface area contributed by atoms with Gasteiger partial charge in [0, 0.05) is 17.9 Å². The fourth-order valence-corrected chi connectivity index (χ4v) is 2.55. The second kappa shape index (κ2) is 7.30. The van der Waals surface area contributed by atoms with Crippen molar-refractivity contribution in [3.05, 3.63) is 47.3 Å². The van der Waals surface area contributed by atoms with E-state index >= 15 is 0 Å². The second-order valence-electron chi connectivity index (χ2n) is 5.56. The maximum atomic E-state index is 4.66.